The number of para-hydroxylation sites is 1. The van der Waals surface area contributed by atoms with Gasteiger partial charge in [0.2, 0.25) is 0 Å². The number of carbonyl (C=O) groups excluding carboxylic acids is 1. The van der Waals surface area contributed by atoms with Gasteiger partial charge in [-0.3, -0.25) is 9.20 Å². The Morgan fingerprint density at radius 1 is 1.04 bits per heavy atom. The third kappa shape index (κ3) is 3.46. The van der Waals surface area contributed by atoms with E-state index in [4.69, 9.17) is 10.5 Å². The van der Waals surface area contributed by atoms with Crippen LogP contribution in [0.15, 0.2) is 72.9 Å². The Morgan fingerprint density at radius 2 is 1.78 bits per heavy atom. The quantitative estimate of drug-likeness (QED) is 0.534. The fraction of sp³-hybridized carbons (Fsp3) is 0.0476. The third-order valence-corrected chi connectivity index (χ3v) is 4.13. The molecule has 0 atom stereocenters. The molecule has 0 aliphatic heterocycles. The molecule has 0 spiro atoms. The van der Waals surface area contributed by atoms with Crippen LogP contribution in [0, 0.1) is 6.92 Å². The van der Waals surface area contributed by atoms with E-state index in [1.165, 1.54) is 0 Å². The second kappa shape index (κ2) is 6.84. The van der Waals surface area contributed by atoms with Crippen LogP contribution in [0.3, 0.4) is 0 Å². The van der Waals surface area contributed by atoms with Gasteiger partial charge >= 0.3 is 0 Å². The predicted molar refractivity (Wildman–Crippen MR) is 105 cm³/mol. The van der Waals surface area contributed by atoms with Gasteiger partial charge < -0.3 is 15.8 Å². The normalized spacial score (nSPS) is 10.7. The maximum absolute atomic E-state index is 12.7. The first-order valence-electron chi connectivity index (χ1n) is 8.49. The monoisotopic (exact) mass is 358 g/mol. The van der Waals surface area contributed by atoms with E-state index >= 15 is 0 Å². The summed E-state index contributed by atoms with van der Waals surface area (Å²) >= 11 is 0. The number of benzene rings is 2. The summed E-state index contributed by atoms with van der Waals surface area (Å²) < 4.78 is 7.59. The smallest absolute Gasteiger partial charge is 0.274 e. The van der Waals surface area contributed by atoms with E-state index in [1.807, 2.05) is 37.3 Å². The fourth-order valence-corrected chi connectivity index (χ4v) is 2.86. The first-order valence-corrected chi connectivity index (χ1v) is 8.49. The average molecular weight is 358 g/mol. The van der Waals surface area contributed by atoms with Crippen molar-refractivity contribution in [3.8, 4) is 11.5 Å². The zero-order valence-electron chi connectivity index (χ0n) is 14.7. The van der Waals surface area contributed by atoms with Crippen LogP contribution in [-0.2, 0) is 0 Å². The number of rotatable bonds is 4. The van der Waals surface area contributed by atoms with Crippen molar-refractivity contribution < 1.29 is 9.53 Å². The maximum atomic E-state index is 12.7. The lowest BCUT2D eigenvalue weighted by Gasteiger charge is -2.08. The minimum absolute atomic E-state index is 0.210. The standard InChI is InChI=1S/C21H18N4O2/c1-14-20(21(26)24-16-5-3-2-4-6-16)25-12-11-18(13-19(25)23-14)27-17-9-7-15(22)8-10-17/h2-13H,22H2,1H3,(H,24,26). The van der Waals surface area contributed by atoms with Gasteiger partial charge in [-0.05, 0) is 49.4 Å². The fourth-order valence-electron chi connectivity index (χ4n) is 2.86. The van der Waals surface area contributed by atoms with Gasteiger partial charge in [-0.2, -0.15) is 0 Å². The summed E-state index contributed by atoms with van der Waals surface area (Å²) in [5.41, 5.74) is 8.88. The summed E-state index contributed by atoms with van der Waals surface area (Å²) in [5.74, 6) is 1.10. The van der Waals surface area contributed by atoms with Gasteiger partial charge in [0, 0.05) is 23.6 Å². The SMILES string of the molecule is Cc1nc2cc(Oc3ccc(N)cc3)ccn2c1C(=O)Nc1ccccc1. The molecule has 2 aromatic heterocycles. The van der Waals surface area contributed by atoms with Crippen molar-refractivity contribution in [1.29, 1.82) is 0 Å². The Labute approximate surface area is 156 Å². The Balaban J connectivity index is 1.62. The molecule has 1 amide bonds. The number of hydrogen-bond acceptors (Lipinski definition) is 4. The molecule has 0 saturated carbocycles. The summed E-state index contributed by atoms with van der Waals surface area (Å²) in [4.78, 5) is 17.2. The third-order valence-electron chi connectivity index (χ3n) is 4.13. The minimum atomic E-state index is -0.210. The molecule has 134 valence electrons. The van der Waals surface area contributed by atoms with Gasteiger partial charge in [0.05, 0.1) is 5.69 Å². The molecule has 0 unspecified atom stereocenters. The van der Waals surface area contributed by atoms with Crippen molar-refractivity contribution in [1.82, 2.24) is 9.38 Å². The van der Waals surface area contributed by atoms with Crippen LogP contribution < -0.4 is 15.8 Å². The molecular weight excluding hydrogens is 340 g/mol. The summed E-state index contributed by atoms with van der Waals surface area (Å²) in [6.07, 6.45) is 1.78. The molecule has 0 aliphatic carbocycles. The molecule has 2 heterocycles. The predicted octanol–water partition coefficient (Wildman–Crippen LogP) is 4.27. The molecule has 4 aromatic rings. The number of carbonyl (C=O) groups is 1. The summed E-state index contributed by atoms with van der Waals surface area (Å²) in [7, 11) is 0. The lowest BCUT2D eigenvalue weighted by molar-refractivity contribution is 0.102. The van der Waals surface area contributed by atoms with E-state index in [2.05, 4.69) is 10.3 Å². The van der Waals surface area contributed by atoms with Gasteiger partial charge in [-0.1, -0.05) is 18.2 Å². The second-order valence-corrected chi connectivity index (χ2v) is 6.13. The Morgan fingerprint density at radius 3 is 2.52 bits per heavy atom. The van der Waals surface area contributed by atoms with Gasteiger partial charge in [0.15, 0.2) is 0 Å². The molecule has 2 aromatic carbocycles. The van der Waals surface area contributed by atoms with Crippen molar-refractivity contribution in [2.45, 2.75) is 6.92 Å². The molecule has 27 heavy (non-hydrogen) atoms. The molecule has 3 N–H and O–H groups in total. The summed E-state index contributed by atoms with van der Waals surface area (Å²) in [5, 5.41) is 2.89. The van der Waals surface area contributed by atoms with E-state index < -0.39 is 0 Å². The van der Waals surface area contributed by atoms with Crippen LogP contribution in [0.5, 0.6) is 11.5 Å². The number of aromatic nitrogens is 2. The number of fused-ring (bicyclic) bond motifs is 1. The zero-order valence-corrected chi connectivity index (χ0v) is 14.7. The van der Waals surface area contributed by atoms with Gasteiger partial charge in [0.25, 0.3) is 5.91 Å². The van der Waals surface area contributed by atoms with E-state index in [0.717, 1.165) is 5.69 Å². The number of ether oxygens (including phenoxy) is 1. The highest BCUT2D eigenvalue weighted by Gasteiger charge is 2.17. The number of nitrogens with one attached hydrogen (secondary N) is 1. The molecule has 0 fully saturated rings. The number of nitrogens with zero attached hydrogens (tertiary/aromatic N) is 2. The minimum Gasteiger partial charge on any atom is -0.457 e. The van der Waals surface area contributed by atoms with Crippen molar-refractivity contribution in [2.75, 3.05) is 11.1 Å². The number of pyridine rings is 1. The Hall–Kier alpha value is -3.80. The molecule has 6 heteroatoms. The lowest BCUT2D eigenvalue weighted by atomic mass is 10.3. The highest BCUT2D eigenvalue weighted by molar-refractivity contribution is 6.04. The van der Waals surface area contributed by atoms with Gasteiger partial charge in [-0.15, -0.1) is 0 Å². The number of nitrogen functional groups attached to an aromatic ring is 1. The Bertz CT molecular complexity index is 1100. The first-order chi connectivity index (χ1) is 13.1. The topological polar surface area (TPSA) is 81.7 Å². The van der Waals surface area contributed by atoms with Crippen molar-refractivity contribution >= 4 is 22.9 Å². The number of imidazole rings is 1. The Kier molecular flexibility index (Phi) is 4.22. The van der Waals surface area contributed by atoms with Crippen LogP contribution >= 0.6 is 0 Å². The van der Waals surface area contributed by atoms with E-state index in [0.29, 0.717) is 34.2 Å². The van der Waals surface area contributed by atoms with Crippen LogP contribution in [0.4, 0.5) is 11.4 Å². The molecule has 0 bridgehead atoms. The molecular formula is C21H18N4O2. The van der Waals surface area contributed by atoms with E-state index in [9.17, 15) is 4.79 Å². The van der Waals surface area contributed by atoms with Crippen molar-refractivity contribution in [3.05, 3.63) is 84.3 Å². The van der Waals surface area contributed by atoms with Crippen LogP contribution in [-0.4, -0.2) is 15.3 Å². The van der Waals surface area contributed by atoms with Gasteiger partial charge in [0.1, 0.15) is 22.8 Å². The lowest BCUT2D eigenvalue weighted by Crippen LogP contribution is -2.15. The summed E-state index contributed by atoms with van der Waals surface area (Å²) in [6, 6.07) is 20.1. The molecule has 0 radical (unpaired) electrons. The van der Waals surface area contributed by atoms with Crippen molar-refractivity contribution in [2.24, 2.45) is 0 Å². The van der Waals surface area contributed by atoms with Crippen LogP contribution in [0.25, 0.3) is 5.65 Å². The largest absolute Gasteiger partial charge is 0.457 e. The molecule has 6 nitrogen and oxygen atoms in total. The number of aryl methyl sites for hydroxylation is 1. The first kappa shape index (κ1) is 16.7. The van der Waals surface area contributed by atoms with Crippen LogP contribution in [0.1, 0.15) is 16.2 Å². The maximum Gasteiger partial charge on any atom is 0.274 e. The molecule has 4 rings (SSSR count). The zero-order chi connectivity index (χ0) is 18.8. The molecule has 0 saturated heterocycles. The second-order valence-electron chi connectivity index (χ2n) is 6.13. The van der Waals surface area contributed by atoms with E-state index in [1.54, 1.807) is 47.0 Å². The van der Waals surface area contributed by atoms with Gasteiger partial charge in [-0.25, -0.2) is 4.98 Å². The van der Waals surface area contributed by atoms with Crippen molar-refractivity contribution in [3.63, 3.8) is 0 Å². The number of hydrogen-bond donors (Lipinski definition) is 2. The molecule has 0 aliphatic rings. The highest BCUT2D eigenvalue weighted by Crippen LogP contribution is 2.25. The number of amides is 1. The number of anilines is 2. The average Bonchev–Trinajstić information content (AvgIpc) is 2.99. The summed E-state index contributed by atoms with van der Waals surface area (Å²) in [6.45, 7) is 1.81. The highest BCUT2D eigenvalue weighted by atomic mass is 16.5. The number of nitrogens with two attached hydrogens (primary N) is 1. The van der Waals surface area contributed by atoms with E-state index in [-0.39, 0.29) is 5.91 Å². The van der Waals surface area contributed by atoms with Crippen LogP contribution in [0.2, 0.25) is 0 Å².